The molecule has 13 heavy (non-hydrogen) atoms. The van der Waals surface area contributed by atoms with Crippen LogP contribution in [0.5, 0.6) is 0 Å². The first kappa shape index (κ1) is 12.3. The molecule has 0 aliphatic carbocycles. The van der Waals surface area contributed by atoms with E-state index in [0.717, 1.165) is 0 Å². The van der Waals surface area contributed by atoms with Gasteiger partial charge in [0.05, 0.1) is 0 Å². The monoisotopic (exact) mass is 210 g/mol. The van der Waals surface area contributed by atoms with E-state index in [2.05, 4.69) is 9.44 Å². The largest absolute Gasteiger partial charge is 0.481 e. The van der Waals surface area contributed by atoms with Crippen LogP contribution in [0.2, 0.25) is 0 Å². The van der Waals surface area contributed by atoms with Gasteiger partial charge in [-0.1, -0.05) is 6.92 Å². The lowest BCUT2D eigenvalue weighted by atomic mass is 10.1. The lowest BCUT2D eigenvalue weighted by Gasteiger charge is -2.09. The minimum atomic E-state index is -3.44. The Labute approximate surface area is 77.5 Å². The normalized spacial score (nSPS) is 14.0. The predicted octanol–water partition coefficient (Wildman–Crippen LogP) is -0.849. The molecule has 1 atom stereocenters. The van der Waals surface area contributed by atoms with Crippen LogP contribution in [0.1, 0.15) is 13.3 Å². The molecule has 7 heteroatoms. The fourth-order valence-electron chi connectivity index (χ4n) is 0.694. The zero-order valence-corrected chi connectivity index (χ0v) is 8.39. The van der Waals surface area contributed by atoms with E-state index in [1.54, 1.807) is 6.92 Å². The number of hydrogen-bond acceptors (Lipinski definition) is 3. The molecular weight excluding hydrogens is 196 g/mol. The maximum atomic E-state index is 10.8. The van der Waals surface area contributed by atoms with Crippen LogP contribution in [0.3, 0.4) is 0 Å². The average molecular weight is 210 g/mol. The maximum Gasteiger partial charge on any atom is 0.303 e. The number of carboxylic acid groups (broad SMARTS) is 1. The van der Waals surface area contributed by atoms with Crippen molar-refractivity contribution >= 4 is 16.2 Å². The second kappa shape index (κ2) is 5.15. The molecule has 1 unspecified atom stereocenters. The molecule has 0 spiro atoms. The van der Waals surface area contributed by atoms with Crippen LogP contribution < -0.4 is 9.44 Å². The third-order valence-electron chi connectivity index (χ3n) is 1.41. The van der Waals surface area contributed by atoms with Crippen molar-refractivity contribution in [3.05, 3.63) is 0 Å². The standard InChI is InChI=1S/C6H14N2O4S/c1-5(3-6(9)10)4-8-13(11,12)7-2/h5,7-8H,3-4H2,1-2H3,(H,9,10). The Hall–Kier alpha value is -0.660. The second-order valence-corrected chi connectivity index (χ2v) is 4.46. The van der Waals surface area contributed by atoms with Gasteiger partial charge in [-0.05, 0) is 5.92 Å². The topological polar surface area (TPSA) is 95.5 Å². The number of carbonyl (C=O) groups is 1. The fourth-order valence-corrected chi connectivity index (χ4v) is 1.34. The first-order valence-corrected chi connectivity index (χ1v) is 5.25. The highest BCUT2D eigenvalue weighted by Gasteiger charge is 2.11. The van der Waals surface area contributed by atoms with Crippen molar-refractivity contribution in [2.24, 2.45) is 5.92 Å². The van der Waals surface area contributed by atoms with E-state index in [1.807, 2.05) is 0 Å². The van der Waals surface area contributed by atoms with Gasteiger partial charge in [-0.25, -0.2) is 9.44 Å². The van der Waals surface area contributed by atoms with Crippen LogP contribution in [0.4, 0.5) is 0 Å². The summed E-state index contributed by atoms with van der Waals surface area (Å²) in [7, 11) is -2.16. The van der Waals surface area contributed by atoms with E-state index in [1.165, 1.54) is 7.05 Å². The highest BCUT2D eigenvalue weighted by molar-refractivity contribution is 7.87. The lowest BCUT2D eigenvalue weighted by molar-refractivity contribution is -0.137. The van der Waals surface area contributed by atoms with Crippen molar-refractivity contribution in [1.82, 2.24) is 9.44 Å². The Morgan fingerprint density at radius 2 is 2.08 bits per heavy atom. The molecule has 0 aliphatic heterocycles. The van der Waals surface area contributed by atoms with Crippen LogP contribution >= 0.6 is 0 Å². The van der Waals surface area contributed by atoms with Crippen molar-refractivity contribution in [2.45, 2.75) is 13.3 Å². The Morgan fingerprint density at radius 3 is 2.46 bits per heavy atom. The van der Waals surface area contributed by atoms with Gasteiger partial charge in [0.25, 0.3) is 10.2 Å². The number of rotatable bonds is 6. The summed E-state index contributed by atoms with van der Waals surface area (Å²) in [5.41, 5.74) is 0. The number of aliphatic carboxylic acids is 1. The Kier molecular flexibility index (Phi) is 4.89. The summed E-state index contributed by atoms with van der Waals surface area (Å²) in [6.07, 6.45) is -0.0494. The molecule has 0 saturated carbocycles. The van der Waals surface area contributed by atoms with E-state index in [4.69, 9.17) is 5.11 Å². The zero-order valence-electron chi connectivity index (χ0n) is 7.57. The van der Waals surface area contributed by atoms with Gasteiger partial charge in [0, 0.05) is 20.0 Å². The van der Waals surface area contributed by atoms with E-state index < -0.39 is 16.2 Å². The molecular formula is C6H14N2O4S. The summed E-state index contributed by atoms with van der Waals surface area (Å²) in [5, 5.41) is 8.38. The summed E-state index contributed by atoms with van der Waals surface area (Å²) < 4.78 is 25.9. The zero-order chi connectivity index (χ0) is 10.5. The Bertz CT molecular complexity index is 262. The van der Waals surface area contributed by atoms with Crippen molar-refractivity contribution in [3.63, 3.8) is 0 Å². The number of nitrogens with one attached hydrogen (secondary N) is 2. The lowest BCUT2D eigenvalue weighted by Crippen LogP contribution is -2.36. The molecule has 0 aromatic carbocycles. The molecule has 78 valence electrons. The highest BCUT2D eigenvalue weighted by Crippen LogP contribution is 1.99. The minimum absolute atomic E-state index is 0.0494. The predicted molar refractivity (Wildman–Crippen MR) is 47.4 cm³/mol. The average Bonchev–Trinajstić information content (AvgIpc) is 2.00. The summed E-state index contributed by atoms with van der Waals surface area (Å²) in [4.78, 5) is 10.2. The third-order valence-corrected chi connectivity index (χ3v) is 2.50. The second-order valence-electron chi connectivity index (χ2n) is 2.76. The maximum absolute atomic E-state index is 10.8. The van der Waals surface area contributed by atoms with E-state index in [-0.39, 0.29) is 18.9 Å². The van der Waals surface area contributed by atoms with Crippen molar-refractivity contribution in [3.8, 4) is 0 Å². The number of carboxylic acids is 1. The molecule has 0 heterocycles. The number of hydrogen-bond donors (Lipinski definition) is 3. The molecule has 6 nitrogen and oxygen atoms in total. The highest BCUT2D eigenvalue weighted by atomic mass is 32.2. The molecule has 0 bridgehead atoms. The summed E-state index contributed by atoms with van der Waals surface area (Å²) in [6.45, 7) is 1.78. The first-order valence-electron chi connectivity index (χ1n) is 3.77. The third kappa shape index (κ3) is 6.50. The van der Waals surface area contributed by atoms with Gasteiger partial charge >= 0.3 is 5.97 Å². The Balaban J connectivity index is 3.83. The smallest absolute Gasteiger partial charge is 0.303 e. The summed E-state index contributed by atoms with van der Waals surface area (Å²) in [5.74, 6) is -1.16. The van der Waals surface area contributed by atoms with Crippen molar-refractivity contribution in [1.29, 1.82) is 0 Å². The van der Waals surface area contributed by atoms with Crippen molar-refractivity contribution < 1.29 is 18.3 Å². The Morgan fingerprint density at radius 1 is 1.54 bits per heavy atom. The first-order chi connectivity index (χ1) is 5.87. The van der Waals surface area contributed by atoms with Gasteiger partial charge < -0.3 is 5.11 Å². The van der Waals surface area contributed by atoms with Gasteiger partial charge in [-0.15, -0.1) is 0 Å². The van der Waals surface area contributed by atoms with Gasteiger partial charge in [0.1, 0.15) is 0 Å². The van der Waals surface area contributed by atoms with Crippen LogP contribution in [-0.2, 0) is 15.0 Å². The summed E-state index contributed by atoms with van der Waals surface area (Å²) >= 11 is 0. The molecule has 0 aromatic heterocycles. The molecule has 0 radical (unpaired) electrons. The molecule has 0 fully saturated rings. The molecule has 0 aromatic rings. The van der Waals surface area contributed by atoms with Crippen LogP contribution in [-0.4, -0.2) is 33.1 Å². The fraction of sp³-hybridized carbons (Fsp3) is 0.833. The molecule has 0 aliphatic rings. The van der Waals surface area contributed by atoms with E-state index in [0.29, 0.717) is 0 Å². The molecule has 3 N–H and O–H groups in total. The van der Waals surface area contributed by atoms with E-state index >= 15 is 0 Å². The van der Waals surface area contributed by atoms with Gasteiger partial charge in [-0.2, -0.15) is 8.42 Å². The SMILES string of the molecule is CNS(=O)(=O)NCC(C)CC(=O)O. The van der Waals surface area contributed by atoms with E-state index in [9.17, 15) is 13.2 Å². The summed E-state index contributed by atoms with van der Waals surface area (Å²) in [6, 6.07) is 0. The van der Waals surface area contributed by atoms with Crippen LogP contribution in [0.25, 0.3) is 0 Å². The molecule has 0 saturated heterocycles. The van der Waals surface area contributed by atoms with Gasteiger partial charge in [0.2, 0.25) is 0 Å². The van der Waals surface area contributed by atoms with Crippen LogP contribution in [0, 0.1) is 5.92 Å². The quantitative estimate of drug-likeness (QED) is 0.532. The molecule has 0 amide bonds. The minimum Gasteiger partial charge on any atom is -0.481 e. The van der Waals surface area contributed by atoms with Crippen LogP contribution in [0.15, 0.2) is 0 Å². The van der Waals surface area contributed by atoms with Gasteiger partial charge in [0.15, 0.2) is 0 Å². The molecule has 0 rings (SSSR count). The van der Waals surface area contributed by atoms with Crippen molar-refractivity contribution in [2.75, 3.05) is 13.6 Å². The van der Waals surface area contributed by atoms with Gasteiger partial charge in [-0.3, -0.25) is 4.79 Å².